The predicted molar refractivity (Wildman–Crippen MR) is 109 cm³/mol. The van der Waals surface area contributed by atoms with Crippen LogP contribution in [0.5, 0.6) is 0 Å². The Balaban J connectivity index is 1.68. The number of benzene rings is 1. The van der Waals surface area contributed by atoms with E-state index in [4.69, 9.17) is 4.98 Å². The predicted octanol–water partition coefficient (Wildman–Crippen LogP) is 5.29. The van der Waals surface area contributed by atoms with Gasteiger partial charge in [0.25, 0.3) is 0 Å². The monoisotopic (exact) mass is 375 g/mol. The van der Waals surface area contributed by atoms with Gasteiger partial charge >= 0.3 is 0 Å². The maximum Gasteiger partial charge on any atom is 0.182 e. The van der Waals surface area contributed by atoms with Crippen LogP contribution in [0.25, 0.3) is 0 Å². The zero-order valence-corrected chi connectivity index (χ0v) is 16.7. The van der Waals surface area contributed by atoms with Gasteiger partial charge in [0.15, 0.2) is 5.13 Å². The molecule has 0 saturated heterocycles. The molecule has 1 aliphatic rings. The van der Waals surface area contributed by atoms with Crippen LogP contribution in [0.1, 0.15) is 57.2 Å². The van der Waals surface area contributed by atoms with Gasteiger partial charge in [-0.05, 0) is 50.5 Å². The van der Waals surface area contributed by atoms with Gasteiger partial charge in [-0.25, -0.2) is 9.37 Å². The van der Waals surface area contributed by atoms with E-state index < -0.39 is 0 Å². The Hall–Kier alpha value is -1.46. The van der Waals surface area contributed by atoms with E-state index in [1.807, 2.05) is 12.1 Å². The van der Waals surface area contributed by atoms with Gasteiger partial charge in [-0.15, -0.1) is 11.3 Å². The minimum atomic E-state index is -0.247. The highest BCUT2D eigenvalue weighted by Crippen LogP contribution is 2.47. The number of nitrogens with zero attached hydrogens (tertiary/aromatic N) is 2. The Labute approximate surface area is 160 Å². The lowest BCUT2D eigenvalue weighted by Crippen LogP contribution is -2.26. The Morgan fingerprint density at radius 1 is 1.19 bits per heavy atom. The quantitative estimate of drug-likeness (QED) is 0.604. The first-order valence-corrected chi connectivity index (χ1v) is 10.7. The molecule has 5 heteroatoms. The van der Waals surface area contributed by atoms with E-state index in [-0.39, 0.29) is 11.2 Å². The summed E-state index contributed by atoms with van der Waals surface area (Å²) in [5.41, 5.74) is 1.61. The molecular formula is C21H30FN3S. The molecule has 0 atom stereocenters. The summed E-state index contributed by atoms with van der Waals surface area (Å²) in [7, 11) is 0. The van der Waals surface area contributed by atoms with Crippen molar-refractivity contribution in [2.24, 2.45) is 0 Å². The highest BCUT2D eigenvalue weighted by molar-refractivity contribution is 7.13. The Morgan fingerprint density at radius 2 is 1.92 bits per heavy atom. The van der Waals surface area contributed by atoms with E-state index >= 15 is 0 Å². The number of halogens is 1. The summed E-state index contributed by atoms with van der Waals surface area (Å²) in [4.78, 5) is 7.30. The fourth-order valence-electron chi connectivity index (χ4n) is 4.10. The zero-order valence-electron chi connectivity index (χ0n) is 15.9. The summed E-state index contributed by atoms with van der Waals surface area (Å²) in [5, 5.41) is 6.55. The summed E-state index contributed by atoms with van der Waals surface area (Å²) >= 11 is 1.65. The lowest BCUT2D eigenvalue weighted by atomic mass is 9.76. The van der Waals surface area contributed by atoms with Crippen molar-refractivity contribution < 1.29 is 4.39 Å². The largest absolute Gasteiger partial charge is 0.361 e. The fourth-order valence-corrected chi connectivity index (χ4v) is 4.94. The molecule has 142 valence electrons. The Morgan fingerprint density at radius 3 is 2.62 bits per heavy atom. The van der Waals surface area contributed by atoms with Gasteiger partial charge in [-0.2, -0.15) is 0 Å². The van der Waals surface area contributed by atoms with Crippen LogP contribution in [0, 0.1) is 5.82 Å². The topological polar surface area (TPSA) is 28.2 Å². The number of nitrogens with one attached hydrogen (secondary N) is 1. The van der Waals surface area contributed by atoms with Gasteiger partial charge in [-0.3, -0.25) is 0 Å². The standard InChI is InChI=1S/C21H30FN3S/c1-3-25(4-2)15-9-14-23-20-24-19(16-26-20)21(12-7-8-13-21)17-10-5-6-11-18(17)22/h5-6,10-11,16H,3-4,7-9,12-15H2,1-2H3,(H,23,24). The van der Waals surface area contributed by atoms with Crippen molar-refractivity contribution >= 4 is 16.5 Å². The number of rotatable bonds is 9. The fraction of sp³-hybridized carbons (Fsp3) is 0.571. The van der Waals surface area contributed by atoms with E-state index in [2.05, 4.69) is 29.4 Å². The molecule has 2 aromatic rings. The molecule has 1 N–H and O–H groups in total. The first-order valence-electron chi connectivity index (χ1n) is 9.87. The Bertz CT molecular complexity index is 690. The van der Waals surface area contributed by atoms with Gasteiger partial charge in [0.2, 0.25) is 0 Å². The molecular weight excluding hydrogens is 345 g/mol. The minimum absolute atomic E-state index is 0.101. The maximum atomic E-state index is 14.5. The summed E-state index contributed by atoms with van der Waals surface area (Å²) in [6.45, 7) is 8.64. The lowest BCUT2D eigenvalue weighted by Gasteiger charge is -2.28. The molecule has 0 bridgehead atoms. The van der Waals surface area contributed by atoms with E-state index in [1.54, 1.807) is 23.5 Å². The first-order chi connectivity index (χ1) is 12.7. The number of aromatic nitrogens is 1. The number of thiazole rings is 1. The molecule has 1 aromatic heterocycles. The molecule has 1 saturated carbocycles. The van der Waals surface area contributed by atoms with Crippen molar-refractivity contribution in [3.8, 4) is 0 Å². The van der Waals surface area contributed by atoms with E-state index in [1.165, 1.54) is 0 Å². The third-order valence-corrected chi connectivity index (χ3v) is 6.46. The van der Waals surface area contributed by atoms with Gasteiger partial charge in [0.05, 0.1) is 5.69 Å². The lowest BCUT2D eigenvalue weighted by molar-refractivity contribution is 0.303. The normalized spacial score (nSPS) is 16.3. The summed E-state index contributed by atoms with van der Waals surface area (Å²) in [6.07, 6.45) is 5.35. The molecule has 1 fully saturated rings. The minimum Gasteiger partial charge on any atom is -0.361 e. The van der Waals surface area contributed by atoms with Crippen molar-refractivity contribution in [1.29, 1.82) is 0 Å². The van der Waals surface area contributed by atoms with Gasteiger partial charge in [-0.1, -0.05) is 44.9 Å². The molecule has 1 aliphatic carbocycles. The van der Waals surface area contributed by atoms with Crippen molar-refractivity contribution in [3.05, 3.63) is 46.7 Å². The van der Waals surface area contributed by atoms with Crippen LogP contribution in [-0.2, 0) is 5.41 Å². The van der Waals surface area contributed by atoms with Crippen molar-refractivity contribution in [3.63, 3.8) is 0 Å². The summed E-state index contributed by atoms with van der Waals surface area (Å²) in [5.74, 6) is -0.101. The van der Waals surface area contributed by atoms with Crippen molar-refractivity contribution in [1.82, 2.24) is 9.88 Å². The van der Waals surface area contributed by atoms with E-state index in [9.17, 15) is 4.39 Å². The number of hydrogen-bond acceptors (Lipinski definition) is 4. The second-order valence-electron chi connectivity index (χ2n) is 7.11. The number of anilines is 1. The molecule has 1 aromatic carbocycles. The van der Waals surface area contributed by atoms with Crippen LogP contribution in [0.15, 0.2) is 29.6 Å². The van der Waals surface area contributed by atoms with Crippen LogP contribution in [0.3, 0.4) is 0 Å². The molecule has 1 heterocycles. The third kappa shape index (κ3) is 4.09. The molecule has 0 radical (unpaired) electrons. The second-order valence-corrected chi connectivity index (χ2v) is 7.97. The van der Waals surface area contributed by atoms with Gasteiger partial charge < -0.3 is 10.2 Å². The molecule has 0 unspecified atom stereocenters. The highest BCUT2D eigenvalue weighted by atomic mass is 32.1. The van der Waals surface area contributed by atoms with Crippen LogP contribution in [-0.4, -0.2) is 36.1 Å². The molecule has 0 amide bonds. The third-order valence-electron chi connectivity index (χ3n) is 5.66. The molecule has 3 nitrogen and oxygen atoms in total. The highest BCUT2D eigenvalue weighted by Gasteiger charge is 2.41. The molecule has 26 heavy (non-hydrogen) atoms. The summed E-state index contributed by atoms with van der Waals surface area (Å²) < 4.78 is 14.5. The summed E-state index contributed by atoms with van der Waals surface area (Å²) in [6, 6.07) is 7.23. The van der Waals surface area contributed by atoms with Gasteiger partial charge in [0, 0.05) is 17.3 Å². The zero-order chi connectivity index (χ0) is 18.4. The smallest absolute Gasteiger partial charge is 0.182 e. The van der Waals surface area contributed by atoms with Crippen LogP contribution in [0.4, 0.5) is 9.52 Å². The SMILES string of the molecule is CCN(CC)CCCNc1nc(C2(c3ccccc3F)CCCC2)cs1. The van der Waals surface area contributed by atoms with E-state index in [0.29, 0.717) is 0 Å². The maximum absolute atomic E-state index is 14.5. The second kappa shape index (κ2) is 8.96. The van der Waals surface area contributed by atoms with Crippen LogP contribution in [0.2, 0.25) is 0 Å². The van der Waals surface area contributed by atoms with Crippen molar-refractivity contribution in [2.45, 2.75) is 51.4 Å². The first kappa shape index (κ1) is 19.3. The molecule has 0 spiro atoms. The van der Waals surface area contributed by atoms with Crippen molar-refractivity contribution in [2.75, 3.05) is 31.5 Å². The van der Waals surface area contributed by atoms with Crippen LogP contribution < -0.4 is 5.32 Å². The number of hydrogen-bond donors (Lipinski definition) is 1. The average Bonchev–Trinajstić information content (AvgIpc) is 3.32. The Kier molecular flexibility index (Phi) is 6.65. The molecule has 0 aliphatic heterocycles. The average molecular weight is 376 g/mol. The molecule has 3 rings (SSSR count). The van der Waals surface area contributed by atoms with Gasteiger partial charge in [0.1, 0.15) is 5.82 Å². The van der Waals surface area contributed by atoms with Crippen LogP contribution >= 0.6 is 11.3 Å². The van der Waals surface area contributed by atoms with E-state index in [0.717, 1.165) is 74.7 Å².